The molecule has 284 valence electrons. The van der Waals surface area contributed by atoms with Gasteiger partial charge in [0.15, 0.2) is 6.17 Å². The van der Waals surface area contributed by atoms with Crippen molar-refractivity contribution in [2.45, 2.75) is 23.9 Å². The number of pyridine rings is 1. The average molecular weight is 771 g/mol. The Morgan fingerprint density at radius 3 is 1.98 bits per heavy atom. The number of ether oxygens (including phenoxy) is 1. The molecule has 8 aromatic rings. The maximum Gasteiger partial charge on any atom is 0.169 e. The SMILES string of the molecule is C1=CC(c2ccc3cccnc3c2)CC2=C1c1ccc(C3N=C(c4ccccc4)NC(c4cccc(-c5ccccc5)c4)=N3)cc1C21c2ccccc2Oc2ccccc21. The van der Waals surface area contributed by atoms with Gasteiger partial charge in [0.1, 0.15) is 23.2 Å². The first-order valence-electron chi connectivity index (χ1n) is 20.6. The van der Waals surface area contributed by atoms with Crippen molar-refractivity contribution in [3.8, 4) is 22.6 Å². The molecule has 2 aliphatic carbocycles. The fourth-order valence-corrected chi connectivity index (χ4v) is 9.87. The van der Waals surface area contributed by atoms with E-state index >= 15 is 0 Å². The third-order valence-corrected chi connectivity index (χ3v) is 12.6. The highest BCUT2D eigenvalue weighted by molar-refractivity contribution is 6.16. The minimum atomic E-state index is -0.598. The second-order valence-corrected chi connectivity index (χ2v) is 15.9. The number of aliphatic imine (C=N–C) groups is 2. The third kappa shape index (κ3) is 5.43. The van der Waals surface area contributed by atoms with Gasteiger partial charge in [-0.2, -0.15) is 0 Å². The molecule has 5 heteroatoms. The Morgan fingerprint density at radius 1 is 0.533 bits per heavy atom. The van der Waals surface area contributed by atoms with E-state index in [0.29, 0.717) is 0 Å². The number of nitrogens with one attached hydrogen (secondary N) is 1. The molecule has 7 aromatic carbocycles. The Balaban J connectivity index is 1.04. The highest BCUT2D eigenvalue weighted by Gasteiger charge is 2.53. The number of benzene rings is 7. The summed E-state index contributed by atoms with van der Waals surface area (Å²) in [6, 6.07) is 64.5. The van der Waals surface area contributed by atoms with Crippen LogP contribution in [0, 0.1) is 0 Å². The van der Waals surface area contributed by atoms with Gasteiger partial charge in [-0.25, -0.2) is 9.98 Å². The lowest BCUT2D eigenvalue weighted by molar-refractivity contribution is 0.431. The summed E-state index contributed by atoms with van der Waals surface area (Å²) in [7, 11) is 0. The Labute approximate surface area is 348 Å². The summed E-state index contributed by atoms with van der Waals surface area (Å²) in [4.78, 5) is 15.5. The largest absolute Gasteiger partial charge is 0.457 e. The smallest absolute Gasteiger partial charge is 0.169 e. The summed E-state index contributed by atoms with van der Waals surface area (Å²) in [6.45, 7) is 0. The van der Waals surface area contributed by atoms with Gasteiger partial charge < -0.3 is 10.1 Å². The molecule has 0 amide bonds. The van der Waals surface area contributed by atoms with Crippen LogP contribution in [0.3, 0.4) is 0 Å². The molecule has 1 spiro atoms. The second-order valence-electron chi connectivity index (χ2n) is 15.9. The number of fused-ring (bicyclic) bond motifs is 9. The summed E-state index contributed by atoms with van der Waals surface area (Å²) < 4.78 is 6.73. The van der Waals surface area contributed by atoms with E-state index in [1.54, 1.807) is 0 Å². The molecule has 0 fully saturated rings. The van der Waals surface area contributed by atoms with Crippen LogP contribution in [0.5, 0.6) is 11.5 Å². The predicted molar refractivity (Wildman–Crippen MR) is 242 cm³/mol. The number of rotatable bonds is 5. The van der Waals surface area contributed by atoms with Gasteiger partial charge in [0.2, 0.25) is 0 Å². The first kappa shape index (κ1) is 34.4. The van der Waals surface area contributed by atoms with Gasteiger partial charge in [-0.15, -0.1) is 0 Å². The summed E-state index contributed by atoms with van der Waals surface area (Å²) in [5.41, 5.74) is 14.5. The monoisotopic (exact) mass is 770 g/mol. The number of allylic oxidation sites excluding steroid dienone is 4. The summed E-state index contributed by atoms with van der Waals surface area (Å²) in [6.07, 6.45) is 6.99. The summed E-state index contributed by atoms with van der Waals surface area (Å²) >= 11 is 0. The highest BCUT2D eigenvalue weighted by atomic mass is 16.5. The minimum absolute atomic E-state index is 0.171. The van der Waals surface area contributed by atoms with Crippen molar-refractivity contribution in [2.75, 3.05) is 0 Å². The van der Waals surface area contributed by atoms with Crippen molar-refractivity contribution in [1.29, 1.82) is 0 Å². The van der Waals surface area contributed by atoms with Crippen LogP contribution in [0.1, 0.15) is 63.0 Å². The first-order chi connectivity index (χ1) is 29.7. The highest BCUT2D eigenvalue weighted by Crippen LogP contribution is 2.64. The van der Waals surface area contributed by atoms with E-state index in [1.165, 1.54) is 27.8 Å². The summed E-state index contributed by atoms with van der Waals surface area (Å²) in [5, 5.41) is 4.78. The number of nitrogens with zero attached hydrogens (tertiary/aromatic N) is 3. The molecule has 0 saturated heterocycles. The van der Waals surface area contributed by atoms with Gasteiger partial charge in [-0.3, -0.25) is 4.98 Å². The molecule has 2 atom stereocenters. The lowest BCUT2D eigenvalue weighted by Crippen LogP contribution is -2.36. The van der Waals surface area contributed by atoms with Crippen LogP contribution < -0.4 is 10.1 Å². The van der Waals surface area contributed by atoms with Gasteiger partial charge in [0.05, 0.1) is 10.9 Å². The van der Waals surface area contributed by atoms with Crippen LogP contribution >= 0.6 is 0 Å². The number of hydrogen-bond acceptors (Lipinski definition) is 5. The minimum Gasteiger partial charge on any atom is -0.457 e. The molecule has 3 heterocycles. The Hall–Kier alpha value is -7.63. The molecule has 0 radical (unpaired) electrons. The van der Waals surface area contributed by atoms with Crippen molar-refractivity contribution in [3.05, 3.63) is 250 Å². The van der Waals surface area contributed by atoms with Gasteiger partial charge in [0.25, 0.3) is 0 Å². The average Bonchev–Trinajstić information content (AvgIpc) is 3.61. The van der Waals surface area contributed by atoms with E-state index in [0.717, 1.165) is 79.4 Å². The van der Waals surface area contributed by atoms with Crippen LogP contribution in [0.25, 0.3) is 27.6 Å². The lowest BCUT2D eigenvalue weighted by Gasteiger charge is -2.42. The van der Waals surface area contributed by atoms with E-state index < -0.39 is 11.6 Å². The zero-order valence-corrected chi connectivity index (χ0v) is 32.7. The standard InChI is InChI=1S/C55H38N4O/c1-3-13-35(14-4-1)38-17-11-18-41(31-38)53-57-52(37-15-5-2-6-16-37)58-54(59-53)42-27-29-44-43-28-26-39(40-25-24-36-19-12-30-56-49(36)34-40)32-47(43)55(48(44)33-42)45-20-7-9-22-50(45)60-51-23-10-8-21-46(51)55/h1-31,33-34,39,54H,32H2,(H,57,58,59). The Kier molecular flexibility index (Phi) is 7.88. The van der Waals surface area contributed by atoms with Crippen molar-refractivity contribution in [1.82, 2.24) is 10.3 Å². The maximum atomic E-state index is 6.73. The fraction of sp³-hybridized carbons (Fsp3) is 0.0727. The third-order valence-electron chi connectivity index (χ3n) is 12.6. The molecule has 4 aliphatic rings. The fourth-order valence-electron chi connectivity index (χ4n) is 9.87. The second kappa shape index (κ2) is 13.7. The number of amidine groups is 2. The van der Waals surface area contributed by atoms with Crippen molar-refractivity contribution >= 4 is 28.1 Å². The molecular formula is C55H38N4O. The molecule has 1 N–H and O–H groups in total. The zero-order valence-electron chi connectivity index (χ0n) is 32.7. The molecule has 2 aliphatic heterocycles. The van der Waals surface area contributed by atoms with E-state index in [4.69, 9.17) is 19.7 Å². The van der Waals surface area contributed by atoms with Crippen LogP contribution in [0.2, 0.25) is 0 Å². The number of aromatic nitrogens is 1. The molecular weight excluding hydrogens is 733 g/mol. The van der Waals surface area contributed by atoms with Crippen LogP contribution in [-0.2, 0) is 5.41 Å². The normalized spacial score (nSPS) is 18.1. The molecule has 12 rings (SSSR count). The number of para-hydroxylation sites is 2. The van der Waals surface area contributed by atoms with E-state index in [2.05, 4.69) is 187 Å². The maximum absolute atomic E-state index is 6.73. The Morgan fingerprint density at radius 2 is 1.20 bits per heavy atom. The van der Waals surface area contributed by atoms with E-state index in [1.807, 2.05) is 18.3 Å². The Bertz CT molecular complexity index is 3100. The molecule has 1 aromatic heterocycles. The molecule has 2 unspecified atom stereocenters. The van der Waals surface area contributed by atoms with Crippen molar-refractivity contribution in [3.63, 3.8) is 0 Å². The van der Waals surface area contributed by atoms with Crippen molar-refractivity contribution in [2.24, 2.45) is 9.98 Å². The first-order valence-corrected chi connectivity index (χ1v) is 20.6. The topological polar surface area (TPSA) is 58.9 Å². The van der Waals surface area contributed by atoms with Crippen molar-refractivity contribution < 1.29 is 4.74 Å². The van der Waals surface area contributed by atoms with Gasteiger partial charge in [0, 0.05) is 39.8 Å². The molecule has 60 heavy (non-hydrogen) atoms. The van der Waals surface area contributed by atoms with Gasteiger partial charge in [-0.1, -0.05) is 158 Å². The molecule has 0 saturated carbocycles. The van der Waals surface area contributed by atoms with E-state index in [9.17, 15) is 0 Å². The quantitative estimate of drug-likeness (QED) is 0.190. The van der Waals surface area contributed by atoms with Crippen LogP contribution in [0.15, 0.2) is 216 Å². The van der Waals surface area contributed by atoms with Gasteiger partial charge in [-0.05, 0) is 87.3 Å². The molecule has 0 bridgehead atoms. The van der Waals surface area contributed by atoms with Crippen LogP contribution in [-0.4, -0.2) is 16.7 Å². The predicted octanol–water partition coefficient (Wildman–Crippen LogP) is 12.3. The number of hydrogen-bond donors (Lipinski definition) is 1. The lowest BCUT2D eigenvalue weighted by atomic mass is 9.63. The zero-order chi connectivity index (χ0) is 39.6. The molecule has 5 nitrogen and oxygen atoms in total. The van der Waals surface area contributed by atoms with E-state index in [-0.39, 0.29) is 5.92 Å². The van der Waals surface area contributed by atoms with Crippen LogP contribution in [0.4, 0.5) is 0 Å². The van der Waals surface area contributed by atoms with Gasteiger partial charge >= 0.3 is 0 Å². The summed E-state index contributed by atoms with van der Waals surface area (Å²) in [5.74, 6) is 3.51.